The molecule has 0 fully saturated rings. The minimum Gasteiger partial charge on any atom is -0.464 e. The lowest BCUT2D eigenvalue weighted by Crippen LogP contribution is -1.84. The summed E-state index contributed by atoms with van der Waals surface area (Å²) in [5, 5.41) is 0. The first-order valence-corrected chi connectivity index (χ1v) is 3.97. The van der Waals surface area contributed by atoms with Crippen molar-refractivity contribution in [2.24, 2.45) is 0 Å². The number of fused-ring (bicyclic) bond motifs is 1. The van der Waals surface area contributed by atoms with Crippen molar-refractivity contribution in [3.8, 4) is 5.75 Å². The average Bonchev–Trinajstić information content (AvgIpc) is 2.28. The SMILES string of the molecule is Cc1ccc2c(c1)C=CC=CO2. The van der Waals surface area contributed by atoms with Gasteiger partial charge in [0.05, 0.1) is 6.26 Å². The second-order valence-corrected chi connectivity index (χ2v) is 2.85. The van der Waals surface area contributed by atoms with Gasteiger partial charge < -0.3 is 4.74 Å². The van der Waals surface area contributed by atoms with Crippen LogP contribution >= 0.6 is 0 Å². The number of hydrogen-bond donors (Lipinski definition) is 0. The van der Waals surface area contributed by atoms with Crippen molar-refractivity contribution in [1.82, 2.24) is 0 Å². The summed E-state index contributed by atoms with van der Waals surface area (Å²) in [6, 6.07) is 6.15. The summed E-state index contributed by atoms with van der Waals surface area (Å²) in [6.45, 7) is 2.08. The Morgan fingerprint density at radius 3 is 3.00 bits per heavy atom. The maximum atomic E-state index is 5.36. The van der Waals surface area contributed by atoms with Crippen LogP contribution in [-0.4, -0.2) is 0 Å². The first-order chi connectivity index (χ1) is 5.86. The van der Waals surface area contributed by atoms with E-state index in [0.29, 0.717) is 0 Å². The first-order valence-electron chi connectivity index (χ1n) is 3.97. The van der Waals surface area contributed by atoms with Gasteiger partial charge in [-0.15, -0.1) is 0 Å². The zero-order valence-corrected chi connectivity index (χ0v) is 6.95. The van der Waals surface area contributed by atoms with Crippen LogP contribution in [0.5, 0.6) is 5.75 Å². The summed E-state index contributed by atoms with van der Waals surface area (Å²) >= 11 is 0. The lowest BCUT2D eigenvalue weighted by atomic mass is 10.1. The van der Waals surface area contributed by atoms with Crippen molar-refractivity contribution in [1.29, 1.82) is 0 Å². The molecular formula is C11H10O. The van der Waals surface area contributed by atoms with Gasteiger partial charge in [-0.05, 0) is 25.1 Å². The standard InChI is InChI=1S/C11H10O/c1-9-5-6-11-10(8-9)4-2-3-7-12-11/h2-8H,1H3. The predicted molar refractivity (Wildman–Crippen MR) is 50.0 cm³/mol. The maximum Gasteiger partial charge on any atom is 0.133 e. The van der Waals surface area contributed by atoms with Crippen LogP contribution in [0.3, 0.4) is 0 Å². The topological polar surface area (TPSA) is 9.23 Å². The molecule has 1 aromatic carbocycles. The molecule has 0 saturated carbocycles. The number of rotatable bonds is 0. The van der Waals surface area contributed by atoms with Crippen LogP contribution in [0.25, 0.3) is 6.08 Å². The molecule has 0 N–H and O–H groups in total. The molecular weight excluding hydrogens is 148 g/mol. The number of allylic oxidation sites excluding steroid dienone is 2. The van der Waals surface area contributed by atoms with Crippen LogP contribution in [0.15, 0.2) is 36.6 Å². The van der Waals surface area contributed by atoms with Gasteiger partial charge in [-0.25, -0.2) is 0 Å². The highest BCUT2D eigenvalue weighted by atomic mass is 16.5. The number of benzene rings is 1. The lowest BCUT2D eigenvalue weighted by molar-refractivity contribution is 0.481. The Morgan fingerprint density at radius 2 is 2.08 bits per heavy atom. The fourth-order valence-corrected chi connectivity index (χ4v) is 1.22. The highest BCUT2D eigenvalue weighted by Gasteiger charge is 2.00. The van der Waals surface area contributed by atoms with Crippen LogP contribution in [-0.2, 0) is 0 Å². The highest BCUT2D eigenvalue weighted by Crippen LogP contribution is 2.23. The van der Waals surface area contributed by atoms with Gasteiger partial charge in [0.25, 0.3) is 0 Å². The molecule has 60 valence electrons. The van der Waals surface area contributed by atoms with Crippen LogP contribution in [0.2, 0.25) is 0 Å². The Morgan fingerprint density at radius 1 is 1.17 bits per heavy atom. The molecule has 0 bridgehead atoms. The van der Waals surface area contributed by atoms with Crippen molar-refractivity contribution < 1.29 is 4.74 Å². The van der Waals surface area contributed by atoms with Crippen molar-refractivity contribution in [3.05, 3.63) is 47.7 Å². The monoisotopic (exact) mass is 158 g/mol. The van der Waals surface area contributed by atoms with Crippen LogP contribution in [0, 0.1) is 6.92 Å². The Bertz CT molecular complexity index is 348. The maximum absolute atomic E-state index is 5.36. The molecule has 1 nitrogen and oxygen atoms in total. The Kier molecular flexibility index (Phi) is 1.71. The summed E-state index contributed by atoms with van der Waals surface area (Å²) in [4.78, 5) is 0. The molecule has 1 aliphatic heterocycles. The van der Waals surface area contributed by atoms with Gasteiger partial charge >= 0.3 is 0 Å². The van der Waals surface area contributed by atoms with E-state index in [1.165, 1.54) is 5.56 Å². The number of ether oxygens (including phenoxy) is 1. The minimum absolute atomic E-state index is 0.922. The Hall–Kier alpha value is -1.50. The van der Waals surface area contributed by atoms with E-state index in [0.717, 1.165) is 11.3 Å². The third-order valence-corrected chi connectivity index (χ3v) is 1.83. The van der Waals surface area contributed by atoms with E-state index >= 15 is 0 Å². The van der Waals surface area contributed by atoms with Gasteiger partial charge in [-0.3, -0.25) is 0 Å². The first kappa shape index (κ1) is 7.17. The number of aryl methyl sites for hydroxylation is 1. The van der Waals surface area contributed by atoms with E-state index < -0.39 is 0 Å². The fourth-order valence-electron chi connectivity index (χ4n) is 1.22. The molecule has 12 heavy (non-hydrogen) atoms. The molecule has 0 aliphatic carbocycles. The highest BCUT2D eigenvalue weighted by molar-refractivity contribution is 5.60. The van der Waals surface area contributed by atoms with E-state index in [4.69, 9.17) is 4.74 Å². The van der Waals surface area contributed by atoms with Gasteiger partial charge in [0, 0.05) is 5.56 Å². The molecule has 1 aliphatic rings. The molecule has 0 saturated heterocycles. The fraction of sp³-hybridized carbons (Fsp3) is 0.0909. The molecule has 1 heteroatoms. The number of hydrogen-bond acceptors (Lipinski definition) is 1. The van der Waals surface area contributed by atoms with Crippen molar-refractivity contribution >= 4 is 6.08 Å². The van der Waals surface area contributed by atoms with Gasteiger partial charge in [0.1, 0.15) is 5.75 Å². The molecule has 0 atom stereocenters. The van der Waals surface area contributed by atoms with Gasteiger partial charge in [-0.2, -0.15) is 0 Å². The third kappa shape index (κ3) is 1.26. The quantitative estimate of drug-likeness (QED) is 0.564. The largest absolute Gasteiger partial charge is 0.464 e. The summed E-state index contributed by atoms with van der Waals surface area (Å²) in [6.07, 6.45) is 7.60. The van der Waals surface area contributed by atoms with E-state index in [1.54, 1.807) is 6.26 Å². The summed E-state index contributed by atoms with van der Waals surface area (Å²) in [7, 11) is 0. The molecule has 2 rings (SSSR count). The van der Waals surface area contributed by atoms with E-state index in [1.807, 2.05) is 30.4 Å². The Balaban J connectivity index is 2.53. The Labute approximate surface area is 72.0 Å². The minimum atomic E-state index is 0.922. The average molecular weight is 158 g/mol. The molecule has 0 radical (unpaired) electrons. The van der Waals surface area contributed by atoms with Crippen molar-refractivity contribution in [3.63, 3.8) is 0 Å². The smallest absolute Gasteiger partial charge is 0.133 e. The van der Waals surface area contributed by atoms with Crippen molar-refractivity contribution in [2.45, 2.75) is 6.92 Å². The van der Waals surface area contributed by atoms with Crippen molar-refractivity contribution in [2.75, 3.05) is 0 Å². The van der Waals surface area contributed by atoms with E-state index in [9.17, 15) is 0 Å². The molecule has 0 unspecified atom stereocenters. The third-order valence-electron chi connectivity index (χ3n) is 1.83. The summed E-state index contributed by atoms with van der Waals surface area (Å²) in [5.74, 6) is 0.922. The predicted octanol–water partition coefficient (Wildman–Crippen LogP) is 2.91. The molecule has 1 heterocycles. The zero-order valence-electron chi connectivity index (χ0n) is 6.95. The van der Waals surface area contributed by atoms with E-state index in [2.05, 4.69) is 13.0 Å². The molecule has 0 amide bonds. The summed E-state index contributed by atoms with van der Waals surface area (Å²) in [5.41, 5.74) is 2.39. The summed E-state index contributed by atoms with van der Waals surface area (Å²) < 4.78 is 5.36. The second-order valence-electron chi connectivity index (χ2n) is 2.85. The molecule has 1 aromatic rings. The van der Waals surface area contributed by atoms with Crippen LogP contribution < -0.4 is 4.74 Å². The normalized spacial score (nSPS) is 13.4. The van der Waals surface area contributed by atoms with Gasteiger partial charge in [-0.1, -0.05) is 23.8 Å². The van der Waals surface area contributed by atoms with Gasteiger partial charge in [0.15, 0.2) is 0 Å². The molecule has 0 aromatic heterocycles. The van der Waals surface area contributed by atoms with Gasteiger partial charge in [0.2, 0.25) is 0 Å². The molecule has 0 spiro atoms. The lowest BCUT2D eigenvalue weighted by Gasteiger charge is -2.03. The second kappa shape index (κ2) is 2.86. The zero-order chi connectivity index (χ0) is 8.39. The van der Waals surface area contributed by atoms with E-state index in [-0.39, 0.29) is 0 Å². The van der Waals surface area contributed by atoms with Crippen LogP contribution in [0.1, 0.15) is 11.1 Å². The van der Waals surface area contributed by atoms with Crippen LogP contribution in [0.4, 0.5) is 0 Å².